The molecule has 21 heavy (non-hydrogen) atoms. The van der Waals surface area contributed by atoms with Crippen LogP contribution in [0.15, 0.2) is 28.1 Å². The maximum Gasteiger partial charge on any atom is 0.305 e. The molecule has 0 radical (unpaired) electrons. The highest BCUT2D eigenvalue weighted by Gasteiger charge is 2.07. The lowest BCUT2D eigenvalue weighted by atomic mass is 10.2. The highest BCUT2D eigenvalue weighted by molar-refractivity contribution is 9.10. The summed E-state index contributed by atoms with van der Waals surface area (Å²) in [6.45, 7) is 0. The Bertz CT molecular complexity index is 630. The third-order valence-corrected chi connectivity index (χ3v) is 4.19. The first kappa shape index (κ1) is 15.8. The normalized spacial score (nSPS) is 10.2. The number of aromatic nitrogens is 1. The number of anilines is 2. The van der Waals surface area contributed by atoms with Gasteiger partial charge in [-0.2, -0.15) is 0 Å². The summed E-state index contributed by atoms with van der Waals surface area (Å²) in [5.74, 6) is 0.551. The van der Waals surface area contributed by atoms with Gasteiger partial charge in [0.2, 0.25) is 0 Å². The largest absolute Gasteiger partial charge is 0.496 e. The number of nitrogens with zero attached hydrogens (tertiary/aromatic N) is 1. The Hall–Kier alpha value is -1.60. The minimum Gasteiger partial charge on any atom is -0.496 e. The molecule has 0 bridgehead atoms. The van der Waals surface area contributed by atoms with Gasteiger partial charge >= 0.3 is 5.97 Å². The van der Waals surface area contributed by atoms with Crippen LogP contribution in [0.3, 0.4) is 0 Å². The van der Waals surface area contributed by atoms with Gasteiger partial charge < -0.3 is 14.8 Å². The fourth-order valence-corrected chi connectivity index (χ4v) is 2.98. The van der Waals surface area contributed by atoms with Crippen LogP contribution in [0.25, 0.3) is 0 Å². The minimum atomic E-state index is -0.225. The molecule has 0 aliphatic heterocycles. The number of hydrogen-bond acceptors (Lipinski definition) is 6. The summed E-state index contributed by atoms with van der Waals surface area (Å²) >= 11 is 4.94. The topological polar surface area (TPSA) is 60.5 Å². The first-order valence-electron chi connectivity index (χ1n) is 6.24. The molecule has 1 aromatic heterocycles. The number of hydrogen-bond donors (Lipinski definition) is 1. The monoisotopic (exact) mass is 370 g/mol. The number of thiazole rings is 1. The molecule has 1 N–H and O–H groups in total. The average Bonchev–Trinajstić information content (AvgIpc) is 2.92. The quantitative estimate of drug-likeness (QED) is 0.784. The zero-order valence-corrected chi connectivity index (χ0v) is 14.1. The summed E-state index contributed by atoms with van der Waals surface area (Å²) in [7, 11) is 3.01. The van der Waals surface area contributed by atoms with Gasteiger partial charge in [0.15, 0.2) is 5.13 Å². The fourth-order valence-electron chi connectivity index (χ4n) is 1.68. The van der Waals surface area contributed by atoms with E-state index >= 15 is 0 Å². The first-order chi connectivity index (χ1) is 10.1. The predicted octanol–water partition coefficient (Wildman–Crippen LogP) is 3.76. The van der Waals surface area contributed by atoms with Gasteiger partial charge in [0.25, 0.3) is 0 Å². The predicted molar refractivity (Wildman–Crippen MR) is 86.4 cm³/mol. The number of methoxy groups -OCH3 is 2. The SMILES string of the molecule is COC(=O)CCc1csc(Nc2ccc(OC)c(Br)c2)n1. The van der Waals surface area contributed by atoms with Crippen molar-refractivity contribution >= 4 is 44.1 Å². The number of nitrogens with one attached hydrogen (secondary N) is 1. The van der Waals surface area contributed by atoms with Crippen molar-refractivity contribution in [2.75, 3.05) is 19.5 Å². The summed E-state index contributed by atoms with van der Waals surface area (Å²) < 4.78 is 10.7. The summed E-state index contributed by atoms with van der Waals surface area (Å²) in [4.78, 5) is 15.5. The Balaban J connectivity index is 1.99. The summed E-state index contributed by atoms with van der Waals surface area (Å²) in [6.07, 6.45) is 0.922. The van der Waals surface area contributed by atoms with Crippen LogP contribution in [0.5, 0.6) is 5.75 Å². The molecular formula is C14H15BrN2O3S. The Kier molecular flexibility index (Phi) is 5.58. The molecule has 0 spiro atoms. The van der Waals surface area contributed by atoms with Gasteiger partial charge in [0.05, 0.1) is 30.8 Å². The standard InChI is InChI=1S/C14H15BrN2O3S/c1-19-12-5-3-9(7-11(12)15)16-14-17-10(8-21-14)4-6-13(18)20-2/h3,5,7-8H,4,6H2,1-2H3,(H,16,17). The maximum absolute atomic E-state index is 11.1. The van der Waals surface area contributed by atoms with E-state index in [2.05, 4.69) is 31.0 Å². The lowest BCUT2D eigenvalue weighted by molar-refractivity contribution is -0.140. The average molecular weight is 371 g/mol. The fraction of sp³-hybridized carbons (Fsp3) is 0.286. The summed E-state index contributed by atoms with van der Waals surface area (Å²) in [5, 5.41) is 5.94. The molecule has 1 heterocycles. The highest BCUT2D eigenvalue weighted by Crippen LogP contribution is 2.30. The van der Waals surface area contributed by atoms with Gasteiger partial charge in [-0.05, 0) is 34.1 Å². The van der Waals surface area contributed by atoms with E-state index in [9.17, 15) is 4.79 Å². The lowest BCUT2D eigenvalue weighted by Gasteiger charge is -2.06. The van der Waals surface area contributed by atoms with Gasteiger partial charge in [-0.3, -0.25) is 4.79 Å². The van der Waals surface area contributed by atoms with Gasteiger partial charge in [0, 0.05) is 17.5 Å². The van der Waals surface area contributed by atoms with Gasteiger partial charge in [0.1, 0.15) is 5.75 Å². The molecule has 0 fully saturated rings. The van der Waals surface area contributed by atoms with Crippen molar-refractivity contribution in [1.29, 1.82) is 0 Å². The molecule has 0 aliphatic carbocycles. The van der Waals surface area contributed by atoms with Crippen LogP contribution in [0.1, 0.15) is 12.1 Å². The van der Waals surface area contributed by atoms with E-state index in [-0.39, 0.29) is 5.97 Å². The van der Waals surface area contributed by atoms with Crippen LogP contribution in [-0.4, -0.2) is 25.2 Å². The molecule has 2 aromatic rings. The zero-order valence-electron chi connectivity index (χ0n) is 11.7. The Morgan fingerprint density at radius 2 is 2.24 bits per heavy atom. The molecule has 0 aliphatic rings. The molecule has 7 heteroatoms. The molecular weight excluding hydrogens is 356 g/mol. The number of rotatable bonds is 6. The van der Waals surface area contributed by atoms with Crippen LogP contribution in [0.2, 0.25) is 0 Å². The van der Waals surface area contributed by atoms with Crippen LogP contribution in [0, 0.1) is 0 Å². The maximum atomic E-state index is 11.1. The number of halogens is 1. The van der Waals surface area contributed by atoms with E-state index in [0.29, 0.717) is 12.8 Å². The van der Waals surface area contributed by atoms with Crippen LogP contribution in [-0.2, 0) is 16.0 Å². The van der Waals surface area contributed by atoms with Crippen molar-refractivity contribution < 1.29 is 14.3 Å². The summed E-state index contributed by atoms with van der Waals surface area (Å²) in [6, 6.07) is 5.71. The summed E-state index contributed by atoms with van der Waals surface area (Å²) in [5.41, 5.74) is 1.79. The number of benzene rings is 1. The lowest BCUT2D eigenvalue weighted by Crippen LogP contribution is -2.02. The van der Waals surface area contributed by atoms with Crippen molar-refractivity contribution in [2.24, 2.45) is 0 Å². The van der Waals surface area contributed by atoms with Crippen LogP contribution >= 0.6 is 27.3 Å². The van der Waals surface area contributed by atoms with Crippen molar-refractivity contribution in [3.63, 3.8) is 0 Å². The Morgan fingerprint density at radius 1 is 1.43 bits per heavy atom. The zero-order chi connectivity index (χ0) is 15.2. The highest BCUT2D eigenvalue weighted by atomic mass is 79.9. The second-order valence-corrected chi connectivity index (χ2v) is 5.91. The molecule has 0 amide bonds. The van der Waals surface area contributed by atoms with Crippen LogP contribution < -0.4 is 10.1 Å². The molecule has 0 saturated carbocycles. The van der Waals surface area contributed by atoms with E-state index in [0.717, 1.165) is 26.7 Å². The molecule has 1 aromatic carbocycles. The van der Waals surface area contributed by atoms with E-state index in [4.69, 9.17) is 4.74 Å². The Morgan fingerprint density at radius 3 is 2.90 bits per heavy atom. The van der Waals surface area contributed by atoms with E-state index in [1.165, 1.54) is 18.4 Å². The third kappa shape index (κ3) is 4.44. The molecule has 112 valence electrons. The first-order valence-corrected chi connectivity index (χ1v) is 7.91. The van der Waals surface area contributed by atoms with Gasteiger partial charge in [-0.15, -0.1) is 11.3 Å². The van der Waals surface area contributed by atoms with E-state index in [1.807, 2.05) is 23.6 Å². The van der Waals surface area contributed by atoms with Crippen molar-refractivity contribution in [2.45, 2.75) is 12.8 Å². The molecule has 0 atom stereocenters. The smallest absolute Gasteiger partial charge is 0.305 e. The van der Waals surface area contributed by atoms with Gasteiger partial charge in [-0.25, -0.2) is 4.98 Å². The second-order valence-electron chi connectivity index (χ2n) is 4.19. The molecule has 0 unspecified atom stereocenters. The van der Waals surface area contributed by atoms with E-state index in [1.54, 1.807) is 7.11 Å². The third-order valence-electron chi connectivity index (χ3n) is 2.77. The number of carbonyl (C=O) groups is 1. The number of carbonyl (C=O) groups excluding carboxylic acids is 1. The number of aryl methyl sites for hydroxylation is 1. The number of esters is 1. The number of ether oxygens (including phenoxy) is 2. The minimum absolute atomic E-state index is 0.225. The molecule has 0 saturated heterocycles. The van der Waals surface area contributed by atoms with Crippen LogP contribution in [0.4, 0.5) is 10.8 Å². The van der Waals surface area contributed by atoms with Crippen molar-refractivity contribution in [1.82, 2.24) is 4.98 Å². The van der Waals surface area contributed by atoms with Gasteiger partial charge in [-0.1, -0.05) is 0 Å². The second kappa shape index (κ2) is 7.42. The molecule has 5 nitrogen and oxygen atoms in total. The molecule has 2 rings (SSSR count). The van der Waals surface area contributed by atoms with Crippen molar-refractivity contribution in [3.05, 3.63) is 33.7 Å². The van der Waals surface area contributed by atoms with E-state index < -0.39 is 0 Å². The Labute approximate surface area is 135 Å². The van der Waals surface area contributed by atoms with Crippen molar-refractivity contribution in [3.8, 4) is 5.75 Å².